The first-order valence-electron chi connectivity index (χ1n) is 0.627. The van der Waals surface area contributed by atoms with Gasteiger partial charge in [-0.25, -0.2) is 0 Å². The van der Waals surface area contributed by atoms with E-state index in [0.29, 0.717) is 0 Å². The minimum absolute atomic E-state index is 1.93. The second-order valence-electron chi connectivity index (χ2n) is 0.289. The van der Waals surface area contributed by atoms with Crippen molar-refractivity contribution in [2.45, 2.75) is 0 Å². The van der Waals surface area contributed by atoms with Crippen LogP contribution in [0.4, 0.5) is 3.89 Å². The molecule has 0 radical (unpaired) electrons. The van der Waals surface area contributed by atoms with Crippen LogP contribution in [-0.2, 0) is 0 Å². The monoisotopic (exact) mass is 96.0 g/mol. The van der Waals surface area contributed by atoms with Gasteiger partial charge in [0, 0.05) is 0 Å². The molecule has 0 amide bonds. The maximum atomic E-state index is 10.7. The molecule has 0 saturated heterocycles. The van der Waals surface area contributed by atoms with Gasteiger partial charge >= 0.3 is 31.6 Å². The van der Waals surface area contributed by atoms with Crippen molar-refractivity contribution in [2.75, 3.05) is 0 Å². The van der Waals surface area contributed by atoms with Crippen LogP contribution in [0.1, 0.15) is 0 Å². The van der Waals surface area contributed by atoms with Crippen LogP contribution in [0.15, 0.2) is 0 Å². The summed E-state index contributed by atoms with van der Waals surface area (Å²) < 4.78 is 10.7. The summed E-state index contributed by atoms with van der Waals surface area (Å²) in [6, 6.07) is 0. The average molecular weight is 96.0 g/mol. The molecule has 0 N–H and O–H groups in total. The minimum atomic E-state index is -1.93. The molecule has 24 valence electrons. The van der Waals surface area contributed by atoms with Crippen molar-refractivity contribution < 1.29 is 3.89 Å². The quantitative estimate of drug-likeness (QED) is 0.248. The molecule has 0 bridgehead atoms. The zero-order chi connectivity index (χ0) is 3.58. The topological polar surface area (TPSA) is 0 Å². The van der Waals surface area contributed by atoms with Gasteiger partial charge in [0.1, 0.15) is 0 Å². The van der Waals surface area contributed by atoms with Crippen LogP contribution >= 0.6 is 21.2 Å². The van der Waals surface area contributed by atoms with E-state index >= 15 is 0 Å². The molecule has 0 saturated carbocycles. The molecule has 0 aromatic heterocycles. The zero-order valence-electron chi connectivity index (χ0n) is 1.85. The van der Waals surface area contributed by atoms with Crippen LogP contribution in [-0.4, -0.2) is 6.53 Å². The SMILES string of the molecule is B#[SH](F)S. The Morgan fingerprint density at radius 1 is 2.00 bits per heavy atom. The molecule has 0 aromatic rings. The van der Waals surface area contributed by atoms with Crippen molar-refractivity contribution in [3.63, 3.8) is 0 Å². The van der Waals surface area contributed by atoms with Gasteiger partial charge in [0.25, 0.3) is 0 Å². The van der Waals surface area contributed by atoms with Gasteiger partial charge in [-0.2, -0.15) is 0 Å². The van der Waals surface area contributed by atoms with Crippen molar-refractivity contribution in [1.29, 1.82) is 0 Å². The Morgan fingerprint density at radius 2 is 2.00 bits per heavy atom. The summed E-state index contributed by atoms with van der Waals surface area (Å²) in [5.74, 6) is 0. The Hall–Kier alpha value is 0.695. The maximum absolute atomic E-state index is 10.7. The van der Waals surface area contributed by atoms with E-state index in [1.54, 1.807) is 0 Å². The van der Waals surface area contributed by atoms with E-state index in [-0.39, 0.29) is 0 Å². The molecule has 0 spiro atoms. The van der Waals surface area contributed by atoms with Crippen molar-refractivity contribution >= 4 is 27.7 Å². The number of thiol groups is 2. The third kappa shape index (κ3) is 16.0. The first-order chi connectivity index (χ1) is 1.73. The summed E-state index contributed by atoms with van der Waals surface area (Å²) in [6.07, 6.45) is 0. The molecule has 0 rings (SSSR count). The molecule has 0 heterocycles. The fraction of sp³-hybridized carbons (Fsp3) is 0. The van der Waals surface area contributed by atoms with Gasteiger partial charge in [-0.1, -0.05) is 0 Å². The molecule has 4 heavy (non-hydrogen) atoms. The van der Waals surface area contributed by atoms with Gasteiger partial charge in [0.2, 0.25) is 0 Å². The molecule has 0 fully saturated rings. The van der Waals surface area contributed by atoms with Crippen LogP contribution in [0.2, 0.25) is 0 Å². The molecule has 0 nitrogen and oxygen atoms in total. The van der Waals surface area contributed by atoms with Gasteiger partial charge in [0.05, 0.1) is 0 Å². The van der Waals surface area contributed by atoms with Crippen molar-refractivity contribution in [1.82, 2.24) is 0 Å². The van der Waals surface area contributed by atoms with Crippen molar-refractivity contribution in [3.8, 4) is 0 Å². The van der Waals surface area contributed by atoms with Gasteiger partial charge < -0.3 is 0 Å². The van der Waals surface area contributed by atoms with E-state index in [9.17, 15) is 3.89 Å². The molecular weight excluding hydrogens is 93.9 g/mol. The van der Waals surface area contributed by atoms with Crippen LogP contribution < -0.4 is 0 Å². The van der Waals surface area contributed by atoms with E-state index in [1.165, 1.54) is 0 Å². The first kappa shape index (κ1) is 4.69. The van der Waals surface area contributed by atoms with E-state index in [0.717, 1.165) is 0 Å². The average Bonchev–Trinajstić information content (AvgIpc) is 0.811. The summed E-state index contributed by atoms with van der Waals surface area (Å²) in [7, 11) is -1.93. The third-order valence-corrected chi connectivity index (χ3v) is 0. The summed E-state index contributed by atoms with van der Waals surface area (Å²) in [5.41, 5.74) is 0. The molecule has 0 aliphatic carbocycles. The second kappa shape index (κ2) is 1.97. The molecule has 0 aromatic carbocycles. The van der Waals surface area contributed by atoms with Gasteiger partial charge in [-0.05, 0) is 0 Å². The molecule has 0 aliphatic rings. The molecular formula is H2BFS2. The van der Waals surface area contributed by atoms with Gasteiger partial charge in [-0.3, -0.25) is 0 Å². The summed E-state index contributed by atoms with van der Waals surface area (Å²) in [4.78, 5) is 0. The Labute approximate surface area is 32.3 Å². The molecule has 1 unspecified atom stereocenters. The molecule has 4 heteroatoms. The van der Waals surface area contributed by atoms with Crippen LogP contribution in [0, 0.1) is 0 Å². The van der Waals surface area contributed by atoms with Crippen molar-refractivity contribution in [2.24, 2.45) is 0 Å². The van der Waals surface area contributed by atoms with Crippen LogP contribution in [0.5, 0.6) is 0 Å². The summed E-state index contributed by atoms with van der Waals surface area (Å²) >= 11 is 3.14. The van der Waals surface area contributed by atoms with E-state index < -0.39 is 9.55 Å². The number of hydrogen-bond acceptors (Lipinski definition) is 1. The Kier molecular flexibility index (Phi) is 2.31. The Balaban J connectivity index is 3.02. The standard InChI is InChI=1S/BFH2S2/c1-4(2)3/h3-4H. The third-order valence-electron chi connectivity index (χ3n) is 0. The summed E-state index contributed by atoms with van der Waals surface area (Å²) in [5, 5.41) is 0. The fourth-order valence-electron chi connectivity index (χ4n) is 0. The fourth-order valence-corrected chi connectivity index (χ4v) is 0. The number of halogens is 1. The predicted octanol–water partition coefficient (Wildman–Crippen LogP) is 0.800. The Morgan fingerprint density at radius 3 is 2.00 bits per heavy atom. The molecule has 0 aliphatic heterocycles. The zero-order valence-corrected chi connectivity index (χ0v) is 3.64. The van der Waals surface area contributed by atoms with Gasteiger partial charge in [0.15, 0.2) is 0 Å². The van der Waals surface area contributed by atoms with E-state index in [2.05, 4.69) is 18.2 Å². The van der Waals surface area contributed by atoms with E-state index in [4.69, 9.17) is 0 Å². The van der Waals surface area contributed by atoms with E-state index in [1.807, 2.05) is 0 Å². The normalized spacial score (nSPS) is 16.0. The predicted molar refractivity (Wildman–Crippen MR) is 24.8 cm³/mol. The van der Waals surface area contributed by atoms with Crippen LogP contribution in [0.3, 0.4) is 0 Å². The first-order valence-corrected chi connectivity index (χ1v) is 3.08. The molecule has 1 atom stereocenters. The van der Waals surface area contributed by atoms with Crippen LogP contribution in [0.25, 0.3) is 0 Å². The number of rotatable bonds is 0. The number of hydrogen-bond donors (Lipinski definition) is 2. The Bertz CT molecular complexity index is 52.2. The second-order valence-corrected chi connectivity index (χ2v) is 2.01. The summed E-state index contributed by atoms with van der Waals surface area (Å²) in [6.45, 7) is 4.37. The van der Waals surface area contributed by atoms with Crippen molar-refractivity contribution in [3.05, 3.63) is 0 Å². The van der Waals surface area contributed by atoms with Gasteiger partial charge in [-0.15, -0.1) is 0 Å².